The molecule has 11 heteroatoms. The van der Waals surface area contributed by atoms with Gasteiger partial charge in [0.15, 0.2) is 18.5 Å². The minimum absolute atomic E-state index is 0.191. The molecule has 0 aromatic rings. The average Bonchev–Trinajstić information content (AvgIpc) is 3.18. The molecule has 6 atom stereocenters. The fourth-order valence-corrected chi connectivity index (χ4v) is 7.29. The quantitative estimate of drug-likeness (QED) is 0.0345. The molecule has 4 N–H and O–H groups in total. The van der Waals surface area contributed by atoms with Gasteiger partial charge in [-0.15, -0.1) is 0 Å². The first-order chi connectivity index (χ1) is 27.2. The molecular formula is C45H84O11. The van der Waals surface area contributed by atoms with Crippen LogP contribution in [0.3, 0.4) is 0 Å². The molecule has 0 aliphatic carbocycles. The number of hydrogen-bond acceptors (Lipinski definition) is 10. The van der Waals surface area contributed by atoms with Gasteiger partial charge in [-0.25, -0.2) is 4.79 Å². The van der Waals surface area contributed by atoms with Crippen LogP contribution in [0.5, 0.6) is 0 Å². The fraction of sp³-hybridized carbons (Fsp3) is 0.933. The van der Waals surface area contributed by atoms with E-state index in [9.17, 15) is 34.8 Å². The van der Waals surface area contributed by atoms with Gasteiger partial charge >= 0.3 is 17.9 Å². The van der Waals surface area contributed by atoms with Crippen LogP contribution < -0.4 is 0 Å². The van der Waals surface area contributed by atoms with E-state index < -0.39 is 54.7 Å². The number of unbranched alkanes of at least 4 members (excludes halogenated alkanes) is 28. The van der Waals surface area contributed by atoms with Gasteiger partial charge < -0.3 is 39.4 Å². The molecule has 0 unspecified atom stereocenters. The molecule has 1 aliphatic heterocycles. The summed E-state index contributed by atoms with van der Waals surface area (Å²) in [6.45, 7) is 3.84. The lowest BCUT2D eigenvalue weighted by atomic mass is 9.99. The third-order valence-corrected chi connectivity index (χ3v) is 11.0. The Hall–Kier alpha value is -1.79. The molecule has 0 spiro atoms. The summed E-state index contributed by atoms with van der Waals surface area (Å²) in [6.07, 6.45) is 27.2. The number of carbonyl (C=O) groups excluding carboxylic acids is 2. The highest BCUT2D eigenvalue weighted by Crippen LogP contribution is 2.23. The van der Waals surface area contributed by atoms with Gasteiger partial charge in [-0.2, -0.15) is 0 Å². The van der Waals surface area contributed by atoms with E-state index in [1.165, 1.54) is 141 Å². The highest BCUT2D eigenvalue weighted by molar-refractivity contribution is 5.73. The van der Waals surface area contributed by atoms with Crippen molar-refractivity contribution in [2.45, 2.75) is 256 Å². The Labute approximate surface area is 340 Å². The predicted octanol–water partition coefficient (Wildman–Crippen LogP) is 9.87. The van der Waals surface area contributed by atoms with Crippen molar-refractivity contribution in [2.75, 3.05) is 13.2 Å². The average molecular weight is 801 g/mol. The Bertz CT molecular complexity index is 947. The largest absolute Gasteiger partial charge is 0.479 e. The Morgan fingerprint density at radius 1 is 0.482 bits per heavy atom. The Balaban J connectivity index is 2.34. The molecule has 1 fully saturated rings. The summed E-state index contributed by atoms with van der Waals surface area (Å²) in [4.78, 5) is 36.8. The highest BCUT2D eigenvalue weighted by atomic mass is 16.7. The van der Waals surface area contributed by atoms with Crippen molar-refractivity contribution in [2.24, 2.45) is 0 Å². The van der Waals surface area contributed by atoms with Crippen LogP contribution >= 0.6 is 0 Å². The number of aliphatic hydroxyl groups is 3. The molecule has 0 bridgehead atoms. The lowest BCUT2D eigenvalue weighted by Crippen LogP contribution is -2.60. The van der Waals surface area contributed by atoms with Crippen LogP contribution in [0.25, 0.3) is 0 Å². The summed E-state index contributed by atoms with van der Waals surface area (Å²) in [6, 6.07) is 0. The number of rotatable bonds is 39. The first-order valence-electron chi connectivity index (χ1n) is 23.1. The second-order valence-electron chi connectivity index (χ2n) is 16.3. The fourth-order valence-electron chi connectivity index (χ4n) is 7.29. The molecule has 0 aromatic carbocycles. The SMILES string of the molecule is CCCCCCCCCCCCCCCCCC(=O)OC[C@H](CO[C@@H]1O[C@H](C(=O)O)[C@@H](O)[C@H](O)[C@H]1O)OC(=O)CCCCCCCCCCCCCCCCC. The van der Waals surface area contributed by atoms with Gasteiger partial charge in [0.05, 0.1) is 6.61 Å². The van der Waals surface area contributed by atoms with Gasteiger partial charge in [-0.3, -0.25) is 9.59 Å². The summed E-state index contributed by atoms with van der Waals surface area (Å²) in [5, 5.41) is 39.8. The first kappa shape index (κ1) is 52.2. The normalized spacial score (nSPS) is 20.2. The molecule has 11 nitrogen and oxygen atoms in total. The molecule has 1 saturated heterocycles. The molecule has 1 heterocycles. The summed E-state index contributed by atoms with van der Waals surface area (Å²) in [5.74, 6) is -2.42. The topological polar surface area (TPSA) is 169 Å². The zero-order chi connectivity index (χ0) is 41.1. The minimum atomic E-state index is -1.86. The van der Waals surface area contributed by atoms with Gasteiger partial charge in [0.1, 0.15) is 24.9 Å². The van der Waals surface area contributed by atoms with Crippen LogP contribution in [0.1, 0.15) is 219 Å². The zero-order valence-electron chi connectivity index (χ0n) is 35.7. The molecule has 56 heavy (non-hydrogen) atoms. The molecule has 0 saturated carbocycles. The van der Waals surface area contributed by atoms with Gasteiger partial charge in [0, 0.05) is 12.8 Å². The molecule has 0 aromatic heterocycles. The van der Waals surface area contributed by atoms with Crippen molar-refractivity contribution in [3.05, 3.63) is 0 Å². The maximum absolute atomic E-state index is 12.8. The number of carbonyl (C=O) groups is 3. The van der Waals surface area contributed by atoms with Crippen molar-refractivity contribution >= 4 is 17.9 Å². The zero-order valence-corrected chi connectivity index (χ0v) is 35.7. The Kier molecular flexibility index (Phi) is 33.9. The van der Waals surface area contributed by atoms with Crippen LogP contribution in [0.4, 0.5) is 0 Å². The van der Waals surface area contributed by atoms with E-state index in [0.29, 0.717) is 12.8 Å². The number of hydrogen-bond donors (Lipinski definition) is 4. The van der Waals surface area contributed by atoms with Crippen LogP contribution in [0.2, 0.25) is 0 Å². The maximum Gasteiger partial charge on any atom is 0.335 e. The van der Waals surface area contributed by atoms with Gasteiger partial charge in [-0.05, 0) is 12.8 Å². The third kappa shape index (κ3) is 27.8. The van der Waals surface area contributed by atoms with Crippen molar-refractivity contribution in [3.8, 4) is 0 Å². The number of ether oxygens (including phenoxy) is 4. The monoisotopic (exact) mass is 801 g/mol. The van der Waals surface area contributed by atoms with E-state index in [-0.39, 0.29) is 26.1 Å². The lowest BCUT2D eigenvalue weighted by molar-refractivity contribution is -0.298. The molecule has 0 amide bonds. The van der Waals surface area contributed by atoms with Crippen molar-refractivity contribution in [1.29, 1.82) is 0 Å². The number of aliphatic carboxylic acids is 1. The molecule has 0 radical (unpaired) electrons. The number of carboxylic acids is 1. The maximum atomic E-state index is 12.8. The van der Waals surface area contributed by atoms with Crippen LogP contribution in [-0.4, -0.2) is 88.4 Å². The summed E-state index contributed by atoms with van der Waals surface area (Å²) in [7, 11) is 0. The number of esters is 2. The minimum Gasteiger partial charge on any atom is -0.479 e. The first-order valence-corrected chi connectivity index (χ1v) is 23.1. The van der Waals surface area contributed by atoms with Crippen molar-refractivity contribution in [3.63, 3.8) is 0 Å². The smallest absolute Gasteiger partial charge is 0.335 e. The standard InChI is InChI=1S/C45H84O11/c1-3-5-7-9-11-13-15-17-19-21-23-25-27-29-31-33-38(46)53-35-37(36-54-45-42(50)40(48)41(49)43(56-45)44(51)52)55-39(47)34-32-30-28-26-24-22-20-18-16-14-12-10-8-6-4-2/h37,40-43,45,48-50H,3-36H2,1-2H3,(H,51,52)/t37-,40+,41+,42-,43+,45-/m1/s1. The van der Waals surface area contributed by atoms with E-state index in [0.717, 1.165) is 38.5 Å². The lowest BCUT2D eigenvalue weighted by Gasteiger charge is -2.38. The molecule has 1 rings (SSSR count). The van der Waals surface area contributed by atoms with E-state index in [1.807, 2.05) is 0 Å². The van der Waals surface area contributed by atoms with Crippen LogP contribution in [-0.2, 0) is 33.3 Å². The van der Waals surface area contributed by atoms with Crippen molar-refractivity contribution in [1.82, 2.24) is 0 Å². The second kappa shape index (κ2) is 36.3. The second-order valence-corrected chi connectivity index (χ2v) is 16.3. The molecule has 330 valence electrons. The van der Waals surface area contributed by atoms with Crippen LogP contribution in [0.15, 0.2) is 0 Å². The van der Waals surface area contributed by atoms with Gasteiger partial charge in [0.25, 0.3) is 0 Å². The van der Waals surface area contributed by atoms with E-state index in [2.05, 4.69) is 13.8 Å². The Morgan fingerprint density at radius 2 is 0.839 bits per heavy atom. The van der Waals surface area contributed by atoms with E-state index in [4.69, 9.17) is 18.9 Å². The third-order valence-electron chi connectivity index (χ3n) is 11.0. The number of carboxylic acid groups (broad SMARTS) is 1. The summed E-state index contributed by atoms with van der Waals surface area (Å²) in [5.41, 5.74) is 0. The highest BCUT2D eigenvalue weighted by Gasteiger charge is 2.47. The van der Waals surface area contributed by atoms with E-state index >= 15 is 0 Å². The van der Waals surface area contributed by atoms with Crippen molar-refractivity contribution < 1.29 is 53.8 Å². The number of aliphatic hydroxyl groups excluding tert-OH is 3. The summed E-state index contributed by atoms with van der Waals surface area (Å²) >= 11 is 0. The predicted molar refractivity (Wildman–Crippen MR) is 220 cm³/mol. The summed E-state index contributed by atoms with van der Waals surface area (Å²) < 4.78 is 21.8. The molecular weight excluding hydrogens is 716 g/mol. The Morgan fingerprint density at radius 3 is 1.21 bits per heavy atom. The molecule has 1 aliphatic rings. The van der Waals surface area contributed by atoms with Gasteiger partial charge in [-0.1, -0.05) is 194 Å². The van der Waals surface area contributed by atoms with Gasteiger partial charge in [0.2, 0.25) is 0 Å². The van der Waals surface area contributed by atoms with E-state index in [1.54, 1.807) is 0 Å². The van der Waals surface area contributed by atoms with Crippen LogP contribution in [0, 0.1) is 0 Å².